The van der Waals surface area contributed by atoms with E-state index >= 15 is 0 Å². The summed E-state index contributed by atoms with van der Waals surface area (Å²) in [5.74, 6) is 0.940. The van der Waals surface area contributed by atoms with E-state index in [-0.39, 0.29) is 6.04 Å². The quantitative estimate of drug-likeness (QED) is 0.882. The third-order valence-corrected chi connectivity index (χ3v) is 3.85. The third-order valence-electron chi connectivity index (χ3n) is 3.85. The standard InChI is InChI=1S/C18H24N2O/c1-5-14-7-6-10-20-18(14)16(19-3)12-15-11-13(2)8-9-17(15)21-4/h6-11,16,19H,5,12H2,1-4H3. The van der Waals surface area contributed by atoms with Crippen LogP contribution in [0.2, 0.25) is 0 Å². The Kier molecular flexibility index (Phi) is 5.34. The summed E-state index contributed by atoms with van der Waals surface area (Å²) in [5, 5.41) is 3.39. The lowest BCUT2D eigenvalue weighted by Gasteiger charge is -2.20. The molecule has 0 bridgehead atoms. The number of nitrogens with one attached hydrogen (secondary N) is 1. The molecule has 0 amide bonds. The lowest BCUT2D eigenvalue weighted by molar-refractivity contribution is 0.406. The average Bonchev–Trinajstić information content (AvgIpc) is 2.52. The second-order valence-corrected chi connectivity index (χ2v) is 5.26. The van der Waals surface area contributed by atoms with E-state index in [1.807, 2.05) is 25.4 Å². The predicted octanol–water partition coefficient (Wildman–Crippen LogP) is 3.46. The second kappa shape index (κ2) is 7.23. The van der Waals surface area contributed by atoms with Gasteiger partial charge in [0.1, 0.15) is 5.75 Å². The maximum atomic E-state index is 5.49. The number of likely N-dealkylation sites (N-methyl/N-ethyl adjacent to an activating group) is 1. The first-order valence-electron chi connectivity index (χ1n) is 7.44. The van der Waals surface area contributed by atoms with E-state index in [1.165, 1.54) is 16.7 Å². The highest BCUT2D eigenvalue weighted by Crippen LogP contribution is 2.26. The van der Waals surface area contributed by atoms with Gasteiger partial charge in [-0.15, -0.1) is 0 Å². The van der Waals surface area contributed by atoms with E-state index in [2.05, 4.69) is 42.3 Å². The van der Waals surface area contributed by atoms with E-state index in [1.54, 1.807) is 7.11 Å². The van der Waals surface area contributed by atoms with Gasteiger partial charge in [0.05, 0.1) is 18.8 Å². The van der Waals surface area contributed by atoms with Crippen LogP contribution in [0.25, 0.3) is 0 Å². The zero-order valence-corrected chi connectivity index (χ0v) is 13.3. The Hall–Kier alpha value is -1.87. The number of pyridine rings is 1. The van der Waals surface area contributed by atoms with Crippen LogP contribution in [0, 0.1) is 6.92 Å². The van der Waals surface area contributed by atoms with E-state index < -0.39 is 0 Å². The van der Waals surface area contributed by atoms with Crippen LogP contribution in [0.4, 0.5) is 0 Å². The molecule has 1 aromatic heterocycles. The highest BCUT2D eigenvalue weighted by atomic mass is 16.5. The van der Waals surface area contributed by atoms with Crippen LogP contribution in [-0.2, 0) is 12.8 Å². The van der Waals surface area contributed by atoms with Crippen LogP contribution in [0.15, 0.2) is 36.5 Å². The van der Waals surface area contributed by atoms with Crippen molar-refractivity contribution in [3.63, 3.8) is 0 Å². The minimum atomic E-state index is 0.192. The van der Waals surface area contributed by atoms with Gasteiger partial charge >= 0.3 is 0 Å². The zero-order valence-electron chi connectivity index (χ0n) is 13.3. The number of benzene rings is 1. The van der Waals surface area contributed by atoms with E-state index in [0.29, 0.717) is 0 Å². The van der Waals surface area contributed by atoms with Crippen LogP contribution in [0.1, 0.15) is 35.3 Å². The van der Waals surface area contributed by atoms with Crippen molar-refractivity contribution in [1.82, 2.24) is 10.3 Å². The number of aryl methyl sites for hydroxylation is 2. The molecule has 2 rings (SSSR count). The third kappa shape index (κ3) is 3.61. The minimum Gasteiger partial charge on any atom is -0.496 e. The molecular weight excluding hydrogens is 260 g/mol. The Bertz CT molecular complexity index is 596. The molecule has 0 radical (unpaired) electrons. The highest BCUT2D eigenvalue weighted by molar-refractivity contribution is 5.38. The Balaban J connectivity index is 2.33. The van der Waals surface area contributed by atoms with Gasteiger partial charge in [0.15, 0.2) is 0 Å². The van der Waals surface area contributed by atoms with Crippen molar-refractivity contribution < 1.29 is 4.74 Å². The second-order valence-electron chi connectivity index (χ2n) is 5.26. The molecule has 3 heteroatoms. The molecular formula is C18H24N2O. The predicted molar refractivity (Wildman–Crippen MR) is 86.9 cm³/mol. The normalized spacial score (nSPS) is 12.2. The van der Waals surface area contributed by atoms with Crippen molar-refractivity contribution in [1.29, 1.82) is 0 Å². The van der Waals surface area contributed by atoms with Crippen LogP contribution in [0.5, 0.6) is 5.75 Å². The summed E-state index contributed by atoms with van der Waals surface area (Å²) in [7, 11) is 3.71. The molecule has 1 unspecified atom stereocenters. The Labute approximate surface area is 127 Å². The molecule has 0 spiro atoms. The fourth-order valence-corrected chi connectivity index (χ4v) is 2.69. The van der Waals surface area contributed by atoms with Crippen molar-refractivity contribution in [2.75, 3.05) is 14.2 Å². The number of nitrogens with zero attached hydrogens (tertiary/aromatic N) is 1. The number of aromatic nitrogens is 1. The Morgan fingerprint density at radius 2 is 2.05 bits per heavy atom. The summed E-state index contributed by atoms with van der Waals surface area (Å²) in [6, 6.07) is 10.7. The molecule has 2 aromatic rings. The number of methoxy groups -OCH3 is 1. The first-order valence-corrected chi connectivity index (χ1v) is 7.44. The van der Waals surface area contributed by atoms with Gasteiger partial charge in [-0.1, -0.05) is 30.7 Å². The molecule has 0 aliphatic carbocycles. The van der Waals surface area contributed by atoms with E-state index in [0.717, 1.165) is 24.3 Å². The summed E-state index contributed by atoms with van der Waals surface area (Å²) in [4.78, 5) is 4.59. The molecule has 21 heavy (non-hydrogen) atoms. The highest BCUT2D eigenvalue weighted by Gasteiger charge is 2.17. The summed E-state index contributed by atoms with van der Waals surface area (Å²) >= 11 is 0. The van der Waals surface area contributed by atoms with Crippen molar-refractivity contribution in [3.8, 4) is 5.75 Å². The van der Waals surface area contributed by atoms with Gasteiger partial charge in [0.2, 0.25) is 0 Å². The maximum absolute atomic E-state index is 5.49. The van der Waals surface area contributed by atoms with Crippen LogP contribution >= 0.6 is 0 Å². The molecule has 0 saturated carbocycles. The molecule has 0 saturated heterocycles. The van der Waals surface area contributed by atoms with Crippen molar-refractivity contribution in [3.05, 3.63) is 58.9 Å². The van der Waals surface area contributed by atoms with Gasteiger partial charge in [0, 0.05) is 6.20 Å². The molecule has 3 nitrogen and oxygen atoms in total. The van der Waals surface area contributed by atoms with E-state index in [4.69, 9.17) is 4.74 Å². The van der Waals surface area contributed by atoms with Gasteiger partial charge in [-0.3, -0.25) is 4.98 Å². The Morgan fingerprint density at radius 1 is 1.24 bits per heavy atom. The van der Waals surface area contributed by atoms with Crippen molar-refractivity contribution in [2.45, 2.75) is 32.7 Å². The first kappa shape index (κ1) is 15.5. The molecule has 0 fully saturated rings. The monoisotopic (exact) mass is 284 g/mol. The summed E-state index contributed by atoms with van der Waals surface area (Å²) in [6.45, 7) is 4.27. The van der Waals surface area contributed by atoms with Gasteiger partial charge < -0.3 is 10.1 Å². The SMILES string of the molecule is CCc1cccnc1C(Cc1cc(C)ccc1OC)NC. The maximum Gasteiger partial charge on any atom is 0.122 e. The topological polar surface area (TPSA) is 34.1 Å². The molecule has 1 heterocycles. The summed E-state index contributed by atoms with van der Waals surface area (Å²) in [6.07, 6.45) is 3.73. The average molecular weight is 284 g/mol. The number of ether oxygens (including phenoxy) is 1. The number of hydrogen-bond donors (Lipinski definition) is 1. The number of rotatable bonds is 6. The van der Waals surface area contributed by atoms with Crippen molar-refractivity contribution in [2.24, 2.45) is 0 Å². The molecule has 0 aliphatic heterocycles. The van der Waals surface area contributed by atoms with Crippen LogP contribution in [0.3, 0.4) is 0 Å². The zero-order chi connectivity index (χ0) is 15.2. The molecule has 1 N–H and O–H groups in total. The molecule has 0 aliphatic rings. The van der Waals surface area contributed by atoms with E-state index in [9.17, 15) is 0 Å². The summed E-state index contributed by atoms with van der Waals surface area (Å²) in [5.41, 5.74) is 4.89. The molecule has 1 aromatic carbocycles. The van der Waals surface area contributed by atoms with Gasteiger partial charge in [-0.05, 0) is 50.1 Å². The lowest BCUT2D eigenvalue weighted by atomic mass is 9.97. The first-order chi connectivity index (χ1) is 10.2. The van der Waals surface area contributed by atoms with Crippen LogP contribution in [-0.4, -0.2) is 19.1 Å². The largest absolute Gasteiger partial charge is 0.496 e. The lowest BCUT2D eigenvalue weighted by Crippen LogP contribution is -2.21. The van der Waals surface area contributed by atoms with Gasteiger partial charge in [-0.2, -0.15) is 0 Å². The van der Waals surface area contributed by atoms with Crippen molar-refractivity contribution >= 4 is 0 Å². The summed E-state index contributed by atoms with van der Waals surface area (Å²) < 4.78 is 5.49. The van der Waals surface area contributed by atoms with Gasteiger partial charge in [-0.25, -0.2) is 0 Å². The van der Waals surface area contributed by atoms with Gasteiger partial charge in [0.25, 0.3) is 0 Å². The Morgan fingerprint density at radius 3 is 2.71 bits per heavy atom. The smallest absolute Gasteiger partial charge is 0.122 e. The molecule has 1 atom stereocenters. The fraction of sp³-hybridized carbons (Fsp3) is 0.389. The minimum absolute atomic E-state index is 0.192. The number of hydrogen-bond acceptors (Lipinski definition) is 3. The fourth-order valence-electron chi connectivity index (χ4n) is 2.69. The van der Waals surface area contributed by atoms with Crippen LogP contribution < -0.4 is 10.1 Å². The molecule has 112 valence electrons.